The second-order valence-electron chi connectivity index (χ2n) is 3.62. The molecule has 1 aromatic rings. The van der Waals surface area contributed by atoms with Gasteiger partial charge in [-0.15, -0.1) is 11.6 Å². The number of hydrogen-bond donors (Lipinski definition) is 0. The molecule has 0 aliphatic carbocycles. The molecule has 0 radical (unpaired) electrons. The third-order valence-corrected chi connectivity index (χ3v) is 5.43. The van der Waals surface area contributed by atoms with Gasteiger partial charge < -0.3 is 4.57 Å². The smallest absolute Gasteiger partial charge is 0.135 e. The van der Waals surface area contributed by atoms with Crippen molar-refractivity contribution in [1.29, 1.82) is 0 Å². The highest BCUT2D eigenvalue weighted by molar-refractivity contribution is 7.74. The Bertz CT molecular complexity index is 372. The molecule has 1 atom stereocenters. The maximum absolute atomic E-state index is 12.5. The van der Waals surface area contributed by atoms with Crippen LogP contribution in [0.1, 0.15) is 12.8 Å². The van der Waals surface area contributed by atoms with E-state index in [0.717, 1.165) is 23.5 Å². The molecule has 1 nitrogen and oxygen atoms in total. The maximum atomic E-state index is 12.5. The Hall–Kier alpha value is -0.520. The summed E-state index contributed by atoms with van der Waals surface area (Å²) in [5.74, 6) is 0.591. The van der Waals surface area contributed by atoms with Gasteiger partial charge in [-0.25, -0.2) is 0 Å². The van der Waals surface area contributed by atoms with Crippen LogP contribution in [0.4, 0.5) is 0 Å². The van der Waals surface area contributed by atoms with Gasteiger partial charge in [-0.1, -0.05) is 36.9 Å². The molecule has 1 rings (SSSR count). The molecule has 15 heavy (non-hydrogen) atoms. The molecule has 1 aromatic carbocycles. The SMILES string of the molecule is C=C(CCCCl)P(C)(=O)c1ccccc1. The molecule has 1 unspecified atom stereocenters. The average molecular weight is 243 g/mol. The first-order valence-corrected chi connectivity index (χ1v) is 7.65. The first-order valence-electron chi connectivity index (χ1n) is 4.96. The maximum Gasteiger partial charge on any atom is 0.135 e. The molecule has 0 heterocycles. The fraction of sp³-hybridized carbons (Fsp3) is 0.333. The Morgan fingerprint density at radius 2 is 2.00 bits per heavy atom. The van der Waals surface area contributed by atoms with Gasteiger partial charge in [0.2, 0.25) is 0 Å². The minimum Gasteiger partial charge on any atom is -0.314 e. The highest BCUT2D eigenvalue weighted by Gasteiger charge is 2.21. The van der Waals surface area contributed by atoms with Crippen LogP contribution in [0.25, 0.3) is 0 Å². The summed E-state index contributed by atoms with van der Waals surface area (Å²) in [4.78, 5) is 0. The number of alkyl halides is 1. The molecule has 0 bridgehead atoms. The topological polar surface area (TPSA) is 17.1 Å². The van der Waals surface area contributed by atoms with Gasteiger partial charge in [-0.3, -0.25) is 0 Å². The largest absolute Gasteiger partial charge is 0.314 e. The van der Waals surface area contributed by atoms with Crippen molar-refractivity contribution in [2.24, 2.45) is 0 Å². The average Bonchev–Trinajstić information content (AvgIpc) is 2.27. The van der Waals surface area contributed by atoms with Gasteiger partial charge in [0.25, 0.3) is 0 Å². The first-order chi connectivity index (χ1) is 7.09. The van der Waals surface area contributed by atoms with Crippen LogP contribution in [-0.4, -0.2) is 12.5 Å². The Labute approximate surface area is 96.5 Å². The summed E-state index contributed by atoms with van der Waals surface area (Å²) in [6, 6.07) is 9.52. The second kappa shape index (κ2) is 5.53. The van der Waals surface area contributed by atoms with Crippen LogP contribution in [0.15, 0.2) is 42.2 Å². The van der Waals surface area contributed by atoms with Crippen LogP contribution in [0.2, 0.25) is 0 Å². The van der Waals surface area contributed by atoms with E-state index in [2.05, 4.69) is 6.58 Å². The highest BCUT2D eigenvalue weighted by Crippen LogP contribution is 2.49. The predicted octanol–water partition coefficient (Wildman–Crippen LogP) is 3.84. The van der Waals surface area contributed by atoms with Crippen molar-refractivity contribution in [1.82, 2.24) is 0 Å². The molecule has 0 amide bonds. The zero-order valence-corrected chi connectivity index (χ0v) is 10.6. The zero-order valence-electron chi connectivity index (χ0n) is 8.95. The minimum atomic E-state index is -2.42. The van der Waals surface area contributed by atoms with Gasteiger partial charge in [0, 0.05) is 11.2 Å². The van der Waals surface area contributed by atoms with E-state index in [1.807, 2.05) is 30.3 Å². The minimum absolute atomic E-state index is 0.591. The molecular formula is C12H16ClOP. The molecule has 0 aromatic heterocycles. The second-order valence-corrected chi connectivity index (χ2v) is 6.99. The number of benzene rings is 1. The molecule has 0 aliphatic rings. The third-order valence-electron chi connectivity index (χ3n) is 2.45. The van der Waals surface area contributed by atoms with Crippen LogP contribution in [0.5, 0.6) is 0 Å². The van der Waals surface area contributed by atoms with Gasteiger partial charge in [-0.05, 0) is 24.8 Å². The monoisotopic (exact) mass is 242 g/mol. The molecular weight excluding hydrogens is 227 g/mol. The lowest BCUT2D eigenvalue weighted by atomic mass is 10.3. The predicted molar refractivity (Wildman–Crippen MR) is 68.7 cm³/mol. The highest BCUT2D eigenvalue weighted by atomic mass is 35.5. The number of rotatable bonds is 5. The molecule has 82 valence electrons. The summed E-state index contributed by atoms with van der Waals surface area (Å²) < 4.78 is 12.5. The first kappa shape index (κ1) is 12.5. The third kappa shape index (κ3) is 3.22. The summed E-state index contributed by atoms with van der Waals surface area (Å²) in [7, 11) is -2.42. The fourth-order valence-corrected chi connectivity index (χ4v) is 3.20. The lowest BCUT2D eigenvalue weighted by Gasteiger charge is -2.15. The van der Waals surface area contributed by atoms with Gasteiger partial charge in [0.05, 0.1) is 0 Å². The van der Waals surface area contributed by atoms with E-state index in [1.165, 1.54) is 0 Å². The molecule has 0 aliphatic heterocycles. The van der Waals surface area contributed by atoms with Gasteiger partial charge >= 0.3 is 0 Å². The van der Waals surface area contributed by atoms with Crippen LogP contribution in [0, 0.1) is 0 Å². The van der Waals surface area contributed by atoms with E-state index in [0.29, 0.717) is 5.88 Å². The lowest BCUT2D eigenvalue weighted by Crippen LogP contribution is -2.04. The van der Waals surface area contributed by atoms with Crippen molar-refractivity contribution in [3.05, 3.63) is 42.2 Å². The van der Waals surface area contributed by atoms with Gasteiger partial charge in [0.1, 0.15) is 7.14 Å². The van der Waals surface area contributed by atoms with Crippen molar-refractivity contribution in [2.75, 3.05) is 12.5 Å². The Kier molecular flexibility index (Phi) is 4.63. The summed E-state index contributed by atoms with van der Waals surface area (Å²) >= 11 is 5.61. The number of halogens is 1. The van der Waals surface area contributed by atoms with E-state index in [-0.39, 0.29) is 0 Å². The summed E-state index contributed by atoms with van der Waals surface area (Å²) in [5, 5.41) is 1.69. The molecule has 0 spiro atoms. The van der Waals surface area contributed by atoms with Gasteiger partial charge in [-0.2, -0.15) is 0 Å². The number of hydrogen-bond acceptors (Lipinski definition) is 1. The van der Waals surface area contributed by atoms with Crippen LogP contribution < -0.4 is 5.30 Å². The van der Waals surface area contributed by atoms with Crippen molar-refractivity contribution >= 4 is 24.0 Å². The fourth-order valence-electron chi connectivity index (χ4n) is 1.38. The Morgan fingerprint density at radius 1 is 1.40 bits per heavy atom. The molecule has 0 N–H and O–H groups in total. The van der Waals surface area contributed by atoms with E-state index in [9.17, 15) is 4.57 Å². The van der Waals surface area contributed by atoms with E-state index >= 15 is 0 Å². The summed E-state index contributed by atoms with van der Waals surface area (Å²) in [6.45, 7) is 5.70. The van der Waals surface area contributed by atoms with E-state index in [1.54, 1.807) is 6.66 Å². The molecule has 0 fully saturated rings. The summed E-state index contributed by atoms with van der Waals surface area (Å²) in [5.41, 5.74) is 0. The molecule has 0 saturated heterocycles. The number of allylic oxidation sites excluding steroid dienone is 1. The molecule has 0 saturated carbocycles. The van der Waals surface area contributed by atoms with Gasteiger partial charge in [0.15, 0.2) is 0 Å². The zero-order chi connectivity index (χ0) is 11.3. The summed E-state index contributed by atoms with van der Waals surface area (Å²) in [6.07, 6.45) is 1.58. The van der Waals surface area contributed by atoms with Crippen molar-refractivity contribution < 1.29 is 4.57 Å². The van der Waals surface area contributed by atoms with Crippen LogP contribution in [-0.2, 0) is 4.57 Å². The standard InChI is InChI=1S/C12H16ClOP/c1-11(7-6-10-13)15(2,14)12-8-4-3-5-9-12/h3-5,8-9H,1,6-7,10H2,2H3. The molecule has 3 heteroatoms. The van der Waals surface area contributed by atoms with Crippen LogP contribution in [0.3, 0.4) is 0 Å². The van der Waals surface area contributed by atoms with Crippen molar-refractivity contribution in [3.8, 4) is 0 Å². The normalized spacial score (nSPS) is 14.5. The van der Waals surface area contributed by atoms with E-state index in [4.69, 9.17) is 11.6 Å². The Morgan fingerprint density at radius 3 is 2.53 bits per heavy atom. The quantitative estimate of drug-likeness (QED) is 0.566. The van der Waals surface area contributed by atoms with Crippen LogP contribution >= 0.6 is 18.7 Å². The van der Waals surface area contributed by atoms with Crippen molar-refractivity contribution in [3.63, 3.8) is 0 Å². The Balaban J connectivity index is 2.84. The lowest BCUT2D eigenvalue weighted by molar-refractivity contribution is 0.587. The van der Waals surface area contributed by atoms with E-state index < -0.39 is 7.14 Å². The van der Waals surface area contributed by atoms with Crippen molar-refractivity contribution in [2.45, 2.75) is 12.8 Å².